The second kappa shape index (κ2) is 7.12. The van der Waals surface area contributed by atoms with Crippen LogP contribution in [0.1, 0.15) is 13.3 Å². The van der Waals surface area contributed by atoms with Crippen LogP contribution >= 0.6 is 39.3 Å². The normalized spacial score (nSPS) is 10.5. The van der Waals surface area contributed by atoms with Crippen molar-refractivity contribution in [1.82, 2.24) is 9.97 Å². The summed E-state index contributed by atoms with van der Waals surface area (Å²) in [4.78, 5) is 9.68. The second-order valence-corrected chi connectivity index (χ2v) is 6.10. The van der Waals surface area contributed by atoms with Crippen LogP contribution in [-0.2, 0) is 0 Å². The SMILES string of the molecule is CCCNc1ncc(Br)c(Sc2ccccc2Cl)n1. The van der Waals surface area contributed by atoms with E-state index in [1.807, 2.05) is 24.3 Å². The van der Waals surface area contributed by atoms with Crippen molar-refractivity contribution in [3.63, 3.8) is 0 Å². The van der Waals surface area contributed by atoms with Gasteiger partial charge in [0.05, 0.1) is 9.50 Å². The molecule has 2 rings (SSSR count). The highest BCUT2D eigenvalue weighted by Gasteiger charge is 2.09. The first kappa shape index (κ1) is 14.6. The van der Waals surface area contributed by atoms with Crippen LogP contribution in [0.15, 0.2) is 44.9 Å². The lowest BCUT2D eigenvalue weighted by atomic mass is 10.4. The molecule has 0 bridgehead atoms. The first-order valence-electron chi connectivity index (χ1n) is 5.89. The Kier molecular flexibility index (Phi) is 5.48. The number of nitrogens with one attached hydrogen (secondary N) is 1. The van der Waals surface area contributed by atoms with Gasteiger partial charge in [-0.2, -0.15) is 0 Å². The summed E-state index contributed by atoms with van der Waals surface area (Å²) in [5.74, 6) is 0.639. The Labute approximate surface area is 130 Å². The summed E-state index contributed by atoms with van der Waals surface area (Å²) in [6.07, 6.45) is 2.79. The summed E-state index contributed by atoms with van der Waals surface area (Å²) in [7, 11) is 0. The molecule has 0 atom stereocenters. The molecule has 19 heavy (non-hydrogen) atoms. The second-order valence-electron chi connectivity index (χ2n) is 3.81. The number of anilines is 1. The number of hydrogen-bond donors (Lipinski definition) is 1. The van der Waals surface area contributed by atoms with E-state index >= 15 is 0 Å². The molecule has 1 aromatic heterocycles. The summed E-state index contributed by atoms with van der Waals surface area (Å²) in [6.45, 7) is 2.96. The van der Waals surface area contributed by atoms with Crippen LogP contribution in [-0.4, -0.2) is 16.5 Å². The minimum Gasteiger partial charge on any atom is -0.354 e. The Balaban J connectivity index is 2.21. The molecule has 3 nitrogen and oxygen atoms in total. The van der Waals surface area contributed by atoms with E-state index in [9.17, 15) is 0 Å². The predicted octanol–water partition coefficient (Wildman–Crippen LogP) is 4.87. The first-order chi connectivity index (χ1) is 9.20. The molecule has 1 aromatic carbocycles. The molecule has 1 heterocycles. The van der Waals surface area contributed by atoms with Gasteiger partial charge in [0.1, 0.15) is 5.03 Å². The Morgan fingerprint density at radius 2 is 2.16 bits per heavy atom. The topological polar surface area (TPSA) is 37.8 Å². The van der Waals surface area contributed by atoms with E-state index in [1.165, 1.54) is 11.8 Å². The fourth-order valence-corrected chi connectivity index (χ4v) is 2.86. The van der Waals surface area contributed by atoms with Crippen molar-refractivity contribution in [2.24, 2.45) is 0 Å². The molecule has 0 aliphatic carbocycles. The molecular formula is C13H13BrClN3S. The number of halogens is 2. The highest BCUT2D eigenvalue weighted by molar-refractivity contribution is 9.10. The Morgan fingerprint density at radius 1 is 1.37 bits per heavy atom. The largest absolute Gasteiger partial charge is 0.354 e. The van der Waals surface area contributed by atoms with E-state index in [2.05, 4.69) is 38.1 Å². The number of rotatable bonds is 5. The van der Waals surface area contributed by atoms with E-state index in [0.29, 0.717) is 5.95 Å². The van der Waals surface area contributed by atoms with Gasteiger partial charge in [-0.3, -0.25) is 0 Å². The van der Waals surface area contributed by atoms with Crippen LogP contribution in [0.2, 0.25) is 5.02 Å². The van der Waals surface area contributed by atoms with Gasteiger partial charge >= 0.3 is 0 Å². The van der Waals surface area contributed by atoms with Crippen molar-refractivity contribution >= 4 is 45.2 Å². The predicted molar refractivity (Wildman–Crippen MR) is 84.1 cm³/mol. The van der Waals surface area contributed by atoms with Crippen molar-refractivity contribution in [2.45, 2.75) is 23.3 Å². The quantitative estimate of drug-likeness (QED) is 0.774. The molecule has 0 aliphatic rings. The van der Waals surface area contributed by atoms with E-state index in [-0.39, 0.29) is 0 Å². The van der Waals surface area contributed by atoms with E-state index in [0.717, 1.165) is 32.4 Å². The van der Waals surface area contributed by atoms with Crippen molar-refractivity contribution < 1.29 is 0 Å². The maximum absolute atomic E-state index is 6.15. The Bertz CT molecular complexity index is 565. The van der Waals surface area contributed by atoms with Crippen molar-refractivity contribution in [3.05, 3.63) is 40.0 Å². The van der Waals surface area contributed by atoms with E-state index in [1.54, 1.807) is 6.20 Å². The van der Waals surface area contributed by atoms with Crippen LogP contribution in [0.5, 0.6) is 0 Å². The third-order valence-electron chi connectivity index (χ3n) is 2.29. The number of benzene rings is 1. The summed E-state index contributed by atoms with van der Waals surface area (Å²) in [5, 5.41) is 4.74. The van der Waals surface area contributed by atoms with Crippen molar-refractivity contribution in [2.75, 3.05) is 11.9 Å². The van der Waals surface area contributed by atoms with Gasteiger partial charge in [0, 0.05) is 17.6 Å². The summed E-state index contributed by atoms with van der Waals surface area (Å²) < 4.78 is 0.861. The van der Waals surface area contributed by atoms with Gasteiger partial charge < -0.3 is 5.32 Å². The first-order valence-corrected chi connectivity index (χ1v) is 7.88. The van der Waals surface area contributed by atoms with Crippen LogP contribution in [0.3, 0.4) is 0 Å². The van der Waals surface area contributed by atoms with Gasteiger partial charge in [-0.05, 0) is 34.5 Å². The van der Waals surface area contributed by atoms with Gasteiger partial charge in [0.15, 0.2) is 0 Å². The molecular weight excluding hydrogens is 346 g/mol. The molecule has 0 spiro atoms. The van der Waals surface area contributed by atoms with E-state index < -0.39 is 0 Å². The lowest BCUT2D eigenvalue weighted by molar-refractivity contribution is 0.930. The maximum atomic E-state index is 6.15. The zero-order valence-corrected chi connectivity index (χ0v) is 13.5. The van der Waals surface area contributed by atoms with Crippen LogP contribution in [0.25, 0.3) is 0 Å². The smallest absolute Gasteiger partial charge is 0.223 e. The number of nitrogens with zero attached hydrogens (tertiary/aromatic N) is 2. The minimum absolute atomic E-state index is 0.639. The Morgan fingerprint density at radius 3 is 2.89 bits per heavy atom. The standard InChI is InChI=1S/C13H13BrClN3S/c1-2-7-16-13-17-8-9(14)12(18-13)19-11-6-4-3-5-10(11)15/h3-6,8H,2,7H2,1H3,(H,16,17,18). The maximum Gasteiger partial charge on any atom is 0.223 e. The fraction of sp³-hybridized carbons (Fsp3) is 0.231. The molecule has 1 N–H and O–H groups in total. The Hall–Kier alpha value is -0.780. The molecule has 0 unspecified atom stereocenters. The van der Waals surface area contributed by atoms with Crippen molar-refractivity contribution in [1.29, 1.82) is 0 Å². The zero-order chi connectivity index (χ0) is 13.7. The molecule has 0 radical (unpaired) electrons. The average Bonchev–Trinajstić information content (AvgIpc) is 2.42. The van der Waals surface area contributed by atoms with Gasteiger partial charge in [-0.25, -0.2) is 9.97 Å². The van der Waals surface area contributed by atoms with Crippen LogP contribution in [0, 0.1) is 0 Å². The molecule has 0 saturated carbocycles. The molecule has 0 saturated heterocycles. The monoisotopic (exact) mass is 357 g/mol. The van der Waals surface area contributed by atoms with Gasteiger partial charge in [-0.15, -0.1) is 0 Å². The van der Waals surface area contributed by atoms with Gasteiger partial charge in [-0.1, -0.05) is 42.4 Å². The lowest BCUT2D eigenvalue weighted by Crippen LogP contribution is -2.04. The highest BCUT2D eigenvalue weighted by atomic mass is 79.9. The summed E-state index contributed by atoms with van der Waals surface area (Å²) >= 11 is 11.1. The third-order valence-corrected chi connectivity index (χ3v) is 4.65. The third kappa shape index (κ3) is 4.09. The molecule has 2 aromatic rings. The summed E-state index contributed by atoms with van der Waals surface area (Å²) in [6, 6.07) is 7.71. The van der Waals surface area contributed by atoms with Gasteiger partial charge in [0.2, 0.25) is 5.95 Å². The van der Waals surface area contributed by atoms with Crippen molar-refractivity contribution in [3.8, 4) is 0 Å². The fourth-order valence-electron chi connectivity index (χ4n) is 1.38. The molecule has 0 aliphatic heterocycles. The molecule has 0 fully saturated rings. The zero-order valence-electron chi connectivity index (χ0n) is 10.4. The van der Waals surface area contributed by atoms with Gasteiger partial charge in [0.25, 0.3) is 0 Å². The van der Waals surface area contributed by atoms with E-state index in [4.69, 9.17) is 11.6 Å². The average molecular weight is 359 g/mol. The molecule has 0 amide bonds. The molecule has 6 heteroatoms. The van der Waals surface area contributed by atoms with Crippen LogP contribution in [0.4, 0.5) is 5.95 Å². The van der Waals surface area contributed by atoms with Crippen LogP contribution < -0.4 is 5.32 Å². The summed E-state index contributed by atoms with van der Waals surface area (Å²) in [5.41, 5.74) is 0. The highest BCUT2D eigenvalue weighted by Crippen LogP contribution is 2.35. The number of aromatic nitrogens is 2. The minimum atomic E-state index is 0.639. The molecule has 100 valence electrons. The lowest BCUT2D eigenvalue weighted by Gasteiger charge is -2.08. The number of hydrogen-bond acceptors (Lipinski definition) is 4.